The molecule has 2 nitrogen and oxygen atoms in total. The Bertz CT molecular complexity index is 238. The van der Waals surface area contributed by atoms with Crippen LogP contribution in [0.4, 0.5) is 4.79 Å². The van der Waals surface area contributed by atoms with Crippen LogP contribution < -0.4 is 0 Å². The summed E-state index contributed by atoms with van der Waals surface area (Å²) in [6, 6.07) is 9.60. The molecular formula is C8H7LiO2S. The number of hydrogen-bond acceptors (Lipinski definition) is 2. The van der Waals surface area contributed by atoms with Gasteiger partial charge in [0.1, 0.15) is 0 Å². The summed E-state index contributed by atoms with van der Waals surface area (Å²) in [7, 11) is 0. The second-order valence-corrected chi connectivity index (χ2v) is 2.27. The summed E-state index contributed by atoms with van der Waals surface area (Å²) in [6.07, 6.45) is 0. The molecule has 1 aromatic rings. The summed E-state index contributed by atoms with van der Waals surface area (Å²) < 4.78 is 4.55. The molecule has 0 aliphatic carbocycles. The summed E-state index contributed by atoms with van der Waals surface area (Å²) in [5.41, 5.74) is 1.02. The smallest absolute Gasteiger partial charge is 0 e. The Labute approximate surface area is 88.0 Å². The molecule has 0 N–H and O–H groups in total. The summed E-state index contributed by atoms with van der Waals surface area (Å²) >= 11 is 1.41. The predicted octanol–water partition coefficient (Wildman–Crippen LogP) is 2.14. The van der Waals surface area contributed by atoms with Gasteiger partial charge in [0.25, 0.3) is 0 Å². The van der Waals surface area contributed by atoms with Crippen LogP contribution in [-0.2, 0) is 11.3 Å². The van der Waals surface area contributed by atoms with Crippen molar-refractivity contribution in [1.82, 2.24) is 0 Å². The van der Waals surface area contributed by atoms with E-state index in [0.717, 1.165) is 5.56 Å². The number of carbonyl (C=O) groups excluding carboxylic acids is 1. The number of carbonyl (C=O) groups is 1. The summed E-state index contributed by atoms with van der Waals surface area (Å²) in [4.78, 5) is 10.4. The molecule has 4 heteroatoms. The third-order valence-corrected chi connectivity index (χ3v) is 1.28. The van der Waals surface area contributed by atoms with Crippen LogP contribution in [-0.4, -0.2) is 22.4 Å². The summed E-state index contributed by atoms with van der Waals surface area (Å²) in [5, 5.41) is 0. The normalized spacial score (nSPS) is 8.50. The Morgan fingerprint density at radius 3 is 2.42 bits per heavy atom. The van der Waals surface area contributed by atoms with Gasteiger partial charge in [0.05, 0.1) is 0 Å². The maximum atomic E-state index is 10.4. The van der Waals surface area contributed by atoms with Gasteiger partial charge in [0.15, 0.2) is 0 Å². The van der Waals surface area contributed by atoms with E-state index in [1.807, 2.05) is 30.3 Å². The first-order valence-electron chi connectivity index (χ1n) is 3.46. The molecule has 12 heavy (non-hydrogen) atoms. The fourth-order valence-corrected chi connectivity index (χ4v) is 0.759. The van der Waals surface area contributed by atoms with E-state index in [1.54, 1.807) is 0 Å². The molecule has 0 fully saturated rings. The standard InChI is InChI=1S/C8H7O2.Li.S/c9-7-10-6-8-4-2-1-3-5-8;;/h1-5H,6H2;;. The van der Waals surface area contributed by atoms with Crippen LogP contribution in [0.5, 0.6) is 0 Å². The average Bonchev–Trinajstić information content (AvgIpc) is 2.03. The Morgan fingerprint density at radius 1 is 1.33 bits per heavy atom. The van der Waals surface area contributed by atoms with Crippen molar-refractivity contribution in [3.05, 3.63) is 35.9 Å². The molecule has 58 valence electrons. The number of rotatable bonds is 2. The van der Waals surface area contributed by atoms with Crippen molar-refractivity contribution in [2.45, 2.75) is 6.61 Å². The fourth-order valence-electron chi connectivity index (χ4n) is 0.759. The van der Waals surface area contributed by atoms with E-state index in [0.29, 0.717) is 6.61 Å². The van der Waals surface area contributed by atoms with Gasteiger partial charge in [-0.3, -0.25) is 0 Å². The van der Waals surface area contributed by atoms with E-state index in [1.165, 1.54) is 17.7 Å². The Hall–Kier alpha value is -0.363. The van der Waals surface area contributed by atoms with Crippen LogP contribution in [0.1, 0.15) is 5.56 Å². The van der Waals surface area contributed by atoms with Gasteiger partial charge >= 0.3 is 74.4 Å². The molecule has 0 unspecified atom stereocenters. The van der Waals surface area contributed by atoms with E-state index in [9.17, 15) is 4.79 Å². The third-order valence-electron chi connectivity index (χ3n) is 1.28. The predicted molar refractivity (Wildman–Crippen MR) is 50.0 cm³/mol. The van der Waals surface area contributed by atoms with E-state index in [-0.39, 0.29) is 18.1 Å². The Morgan fingerprint density at radius 2 is 1.92 bits per heavy atom. The molecule has 1 aromatic carbocycles. The van der Waals surface area contributed by atoms with Crippen LogP contribution in [0.25, 0.3) is 0 Å². The van der Waals surface area contributed by atoms with Gasteiger partial charge in [-0.25, -0.2) is 0 Å². The molecule has 0 heterocycles. The van der Waals surface area contributed by atoms with Crippen molar-refractivity contribution in [3.63, 3.8) is 0 Å². The van der Waals surface area contributed by atoms with Crippen molar-refractivity contribution in [2.75, 3.05) is 0 Å². The van der Waals surface area contributed by atoms with Crippen LogP contribution in [0.2, 0.25) is 0 Å². The van der Waals surface area contributed by atoms with Gasteiger partial charge in [-0.2, -0.15) is 0 Å². The van der Waals surface area contributed by atoms with E-state index in [2.05, 4.69) is 0 Å². The quantitative estimate of drug-likeness (QED) is 0.642. The number of hydrogen-bond donors (Lipinski definition) is 0. The van der Waals surface area contributed by atoms with Crippen molar-refractivity contribution in [2.24, 2.45) is 0 Å². The van der Waals surface area contributed by atoms with Gasteiger partial charge in [-0.15, -0.1) is 0 Å². The third kappa shape index (κ3) is 4.50. The fraction of sp³-hybridized carbons (Fsp3) is 0.125. The Kier molecular flexibility index (Phi) is 6.00. The van der Waals surface area contributed by atoms with Crippen LogP contribution >= 0.6 is 13.5 Å². The zero-order chi connectivity index (χ0) is 8.10. The summed E-state index contributed by atoms with van der Waals surface area (Å²) in [5.74, 6) is 0. The van der Waals surface area contributed by atoms with Gasteiger partial charge in [-0.1, -0.05) is 0 Å². The van der Waals surface area contributed by atoms with Crippen LogP contribution in [0.3, 0.4) is 0 Å². The average molecular weight is 174 g/mol. The molecule has 0 spiro atoms. The molecule has 1 rings (SSSR count). The molecule has 0 bridgehead atoms. The molecule has 0 atom stereocenters. The second kappa shape index (κ2) is 6.19. The van der Waals surface area contributed by atoms with E-state index in [4.69, 9.17) is 4.74 Å². The van der Waals surface area contributed by atoms with E-state index >= 15 is 0 Å². The van der Waals surface area contributed by atoms with Gasteiger partial charge in [0.2, 0.25) is 0 Å². The van der Waals surface area contributed by atoms with Gasteiger partial charge < -0.3 is 0 Å². The minimum atomic E-state index is -0.242. The molecule has 0 amide bonds. The van der Waals surface area contributed by atoms with Crippen molar-refractivity contribution in [1.29, 1.82) is 0 Å². The van der Waals surface area contributed by atoms with Crippen molar-refractivity contribution < 1.29 is 9.53 Å². The molecule has 0 aromatic heterocycles. The maximum Gasteiger partial charge on any atom is 0 e. The minimum Gasteiger partial charge on any atom is 0 e. The first-order chi connectivity index (χ1) is 5.29. The Balaban J connectivity index is 0.00000121. The first kappa shape index (κ1) is 11.6. The van der Waals surface area contributed by atoms with Crippen LogP contribution in [0, 0.1) is 0 Å². The molecule has 0 aliphatic heterocycles. The number of benzene rings is 1. The molecule has 2 radical (unpaired) electrons. The monoisotopic (exact) mass is 174 g/mol. The van der Waals surface area contributed by atoms with E-state index < -0.39 is 0 Å². The zero-order valence-corrected chi connectivity index (χ0v) is 7.64. The topological polar surface area (TPSA) is 26.3 Å². The number of ether oxygens (including phenoxy) is 1. The largest absolute Gasteiger partial charge is 0 e. The SMILES string of the molecule is [Li][C](=O)OCc1ccccc1.[S]. The first-order valence-corrected chi connectivity index (χ1v) is 3.46. The second-order valence-electron chi connectivity index (χ2n) is 2.27. The van der Waals surface area contributed by atoms with Crippen molar-refractivity contribution >= 4 is 35.9 Å². The zero-order valence-electron chi connectivity index (χ0n) is 6.82. The summed E-state index contributed by atoms with van der Waals surface area (Å²) in [6.45, 7) is 0.371. The minimum absolute atomic E-state index is 0. The van der Waals surface area contributed by atoms with Crippen molar-refractivity contribution in [3.8, 4) is 0 Å². The maximum absolute atomic E-state index is 10.4. The molecule has 0 saturated carbocycles. The molecular weight excluding hydrogens is 167 g/mol. The molecule has 0 saturated heterocycles. The van der Waals surface area contributed by atoms with Gasteiger partial charge in [0, 0.05) is 13.5 Å². The molecule has 0 aliphatic rings. The van der Waals surface area contributed by atoms with Crippen LogP contribution in [0.15, 0.2) is 30.3 Å². The van der Waals surface area contributed by atoms with Gasteiger partial charge in [-0.05, 0) is 0 Å².